The lowest BCUT2D eigenvalue weighted by Crippen LogP contribution is -2.09. The Morgan fingerprint density at radius 1 is 1.14 bits per heavy atom. The van der Waals surface area contributed by atoms with E-state index in [1.54, 1.807) is 37.3 Å². The summed E-state index contributed by atoms with van der Waals surface area (Å²) in [5.41, 5.74) is 3.64. The van der Waals surface area contributed by atoms with Crippen LogP contribution in [0.1, 0.15) is 39.8 Å². The molecule has 2 heterocycles. The van der Waals surface area contributed by atoms with Crippen molar-refractivity contribution in [1.29, 1.82) is 0 Å². The van der Waals surface area contributed by atoms with Gasteiger partial charge in [-0.3, -0.25) is 4.79 Å². The summed E-state index contributed by atoms with van der Waals surface area (Å²) >= 11 is 0. The van der Waals surface area contributed by atoms with E-state index in [0.29, 0.717) is 40.0 Å². The van der Waals surface area contributed by atoms with Crippen molar-refractivity contribution in [2.24, 2.45) is 0 Å². The van der Waals surface area contributed by atoms with Crippen LogP contribution in [0.3, 0.4) is 0 Å². The van der Waals surface area contributed by atoms with Crippen molar-refractivity contribution in [2.45, 2.75) is 20.0 Å². The number of fused-ring (bicyclic) bond motifs is 2. The Bertz CT molecular complexity index is 1140. The molecule has 2 N–H and O–H groups in total. The molecule has 4 rings (SSSR count). The number of pyridine rings is 1. The number of nitrogens with one attached hydrogen (secondary N) is 1. The summed E-state index contributed by atoms with van der Waals surface area (Å²) in [6.07, 6.45) is 0.360. The largest absolute Gasteiger partial charge is 0.478 e. The summed E-state index contributed by atoms with van der Waals surface area (Å²) in [5, 5.41) is 12.6. The molecule has 0 unspecified atom stereocenters. The lowest BCUT2D eigenvalue weighted by molar-refractivity contribution is -0.115. The first kappa shape index (κ1) is 17.7. The number of cyclic esters (lactones) is 1. The Kier molecular flexibility index (Phi) is 4.27. The van der Waals surface area contributed by atoms with Gasteiger partial charge in [0.2, 0.25) is 5.91 Å². The number of aromatic nitrogens is 1. The minimum Gasteiger partial charge on any atom is -0.478 e. The van der Waals surface area contributed by atoms with Gasteiger partial charge < -0.3 is 15.2 Å². The molecule has 7 heteroatoms. The second-order valence-electron chi connectivity index (χ2n) is 6.40. The number of nitrogens with zero attached hydrogens (tertiary/aromatic N) is 1. The van der Waals surface area contributed by atoms with Crippen LogP contribution in [0, 0.1) is 0 Å². The fraction of sp³-hybridized carbons (Fsp3) is 0.143. The van der Waals surface area contributed by atoms with Gasteiger partial charge in [0.15, 0.2) is 0 Å². The zero-order valence-electron chi connectivity index (χ0n) is 15.0. The predicted octanol–water partition coefficient (Wildman–Crippen LogP) is 3.62. The Morgan fingerprint density at radius 2 is 1.89 bits per heavy atom. The summed E-state index contributed by atoms with van der Waals surface area (Å²) in [6.45, 7) is 1.85. The zero-order valence-corrected chi connectivity index (χ0v) is 15.0. The second-order valence-corrected chi connectivity index (χ2v) is 6.40. The summed E-state index contributed by atoms with van der Waals surface area (Å²) < 4.78 is 5.17. The van der Waals surface area contributed by atoms with Gasteiger partial charge in [0, 0.05) is 23.1 Å². The minimum atomic E-state index is -1.02. The first-order chi connectivity index (χ1) is 13.5. The number of carboxylic acids is 1. The Labute approximate surface area is 160 Å². The van der Waals surface area contributed by atoms with Gasteiger partial charge in [-0.1, -0.05) is 25.1 Å². The molecular formula is C21H16N2O5. The quantitative estimate of drug-likeness (QED) is 0.674. The molecule has 0 aliphatic carbocycles. The fourth-order valence-corrected chi connectivity index (χ4v) is 3.25. The molecule has 0 atom stereocenters. The number of hydrogen-bond donors (Lipinski definition) is 2. The van der Waals surface area contributed by atoms with E-state index in [9.17, 15) is 14.4 Å². The smallest absolute Gasteiger partial charge is 0.341 e. The molecule has 140 valence electrons. The van der Waals surface area contributed by atoms with Crippen molar-refractivity contribution >= 4 is 34.4 Å². The highest BCUT2D eigenvalue weighted by Gasteiger charge is 2.29. The lowest BCUT2D eigenvalue weighted by atomic mass is 9.94. The van der Waals surface area contributed by atoms with Gasteiger partial charge in [-0.15, -0.1) is 0 Å². The average Bonchev–Trinajstić information content (AvgIpc) is 3.06. The molecule has 0 spiro atoms. The lowest BCUT2D eigenvalue weighted by Gasteiger charge is -2.12. The maximum Gasteiger partial charge on any atom is 0.341 e. The van der Waals surface area contributed by atoms with Gasteiger partial charge in [0.1, 0.15) is 6.61 Å². The van der Waals surface area contributed by atoms with Gasteiger partial charge in [0.05, 0.1) is 22.3 Å². The number of benzene rings is 2. The van der Waals surface area contributed by atoms with Gasteiger partial charge in [-0.05, 0) is 29.8 Å². The van der Waals surface area contributed by atoms with Crippen molar-refractivity contribution < 1.29 is 24.2 Å². The molecule has 2 aromatic carbocycles. The topological polar surface area (TPSA) is 106 Å². The summed E-state index contributed by atoms with van der Waals surface area (Å²) in [7, 11) is 0. The molecule has 3 aromatic rings. The molecule has 1 aromatic heterocycles. The molecule has 1 aliphatic heterocycles. The number of hydrogen-bond acceptors (Lipinski definition) is 5. The number of amides is 1. The van der Waals surface area contributed by atoms with E-state index in [2.05, 4.69) is 10.3 Å². The number of ether oxygens (including phenoxy) is 1. The third-order valence-corrected chi connectivity index (χ3v) is 4.63. The van der Waals surface area contributed by atoms with Crippen LogP contribution in [-0.4, -0.2) is 27.9 Å². The number of aromatic carboxylic acids is 1. The molecule has 0 saturated carbocycles. The summed E-state index contributed by atoms with van der Waals surface area (Å²) in [6, 6.07) is 11.6. The van der Waals surface area contributed by atoms with Gasteiger partial charge in [0.25, 0.3) is 0 Å². The third kappa shape index (κ3) is 2.96. The van der Waals surface area contributed by atoms with E-state index >= 15 is 0 Å². The second kappa shape index (κ2) is 6.77. The van der Waals surface area contributed by atoms with Crippen LogP contribution in [0.2, 0.25) is 0 Å². The third-order valence-electron chi connectivity index (χ3n) is 4.63. The first-order valence-corrected chi connectivity index (χ1v) is 8.75. The van der Waals surface area contributed by atoms with Crippen LogP contribution < -0.4 is 5.32 Å². The standard InChI is InChI=1S/C21H16N2O5/c1-2-17(24)22-13-7-8-14-15(9-13)23-16-10-28-21(27)19(16)18(14)11-3-5-12(6-4-11)20(25)26/h3-9H,2,10H2,1H3,(H,22,24)(H,25,26). The molecule has 7 nitrogen and oxygen atoms in total. The molecule has 0 saturated heterocycles. The molecule has 0 radical (unpaired) electrons. The van der Waals surface area contributed by atoms with Crippen LogP contribution in [-0.2, 0) is 16.1 Å². The van der Waals surface area contributed by atoms with Crippen molar-refractivity contribution in [2.75, 3.05) is 5.32 Å². The Morgan fingerprint density at radius 3 is 2.57 bits per heavy atom. The van der Waals surface area contributed by atoms with Crippen LogP contribution in [0.25, 0.3) is 22.0 Å². The molecule has 28 heavy (non-hydrogen) atoms. The van der Waals surface area contributed by atoms with E-state index in [-0.39, 0.29) is 18.1 Å². The van der Waals surface area contributed by atoms with Crippen molar-refractivity contribution in [3.05, 3.63) is 59.3 Å². The zero-order chi connectivity index (χ0) is 19.8. The fourth-order valence-electron chi connectivity index (χ4n) is 3.25. The number of anilines is 1. The number of carbonyl (C=O) groups excluding carboxylic acids is 2. The number of carboxylic acid groups (broad SMARTS) is 1. The summed E-state index contributed by atoms with van der Waals surface area (Å²) in [4.78, 5) is 39.7. The van der Waals surface area contributed by atoms with E-state index < -0.39 is 11.9 Å². The van der Waals surface area contributed by atoms with E-state index in [4.69, 9.17) is 9.84 Å². The van der Waals surface area contributed by atoms with Crippen LogP contribution >= 0.6 is 0 Å². The van der Waals surface area contributed by atoms with Gasteiger partial charge in [-0.25, -0.2) is 14.6 Å². The number of rotatable bonds is 4. The van der Waals surface area contributed by atoms with Crippen molar-refractivity contribution in [3.63, 3.8) is 0 Å². The number of carbonyl (C=O) groups is 3. The van der Waals surface area contributed by atoms with E-state index in [1.165, 1.54) is 12.1 Å². The maximum atomic E-state index is 12.3. The molecule has 0 bridgehead atoms. The highest BCUT2D eigenvalue weighted by Crippen LogP contribution is 2.37. The van der Waals surface area contributed by atoms with Crippen LogP contribution in [0.5, 0.6) is 0 Å². The first-order valence-electron chi connectivity index (χ1n) is 8.75. The van der Waals surface area contributed by atoms with E-state index in [1.807, 2.05) is 0 Å². The molecular weight excluding hydrogens is 360 g/mol. The number of esters is 1. The normalized spacial score (nSPS) is 12.5. The minimum absolute atomic E-state index is 0.0792. The average molecular weight is 376 g/mol. The summed E-state index contributed by atoms with van der Waals surface area (Å²) in [5.74, 6) is -1.58. The Balaban J connectivity index is 1.92. The highest BCUT2D eigenvalue weighted by molar-refractivity contribution is 6.10. The maximum absolute atomic E-state index is 12.3. The van der Waals surface area contributed by atoms with Crippen LogP contribution in [0.15, 0.2) is 42.5 Å². The SMILES string of the molecule is CCC(=O)Nc1ccc2c(-c3ccc(C(=O)O)cc3)c3c(nc2c1)COC3=O. The monoisotopic (exact) mass is 376 g/mol. The van der Waals surface area contributed by atoms with Crippen molar-refractivity contribution in [1.82, 2.24) is 4.98 Å². The molecule has 1 aliphatic rings. The van der Waals surface area contributed by atoms with Crippen molar-refractivity contribution in [3.8, 4) is 11.1 Å². The van der Waals surface area contributed by atoms with Crippen LogP contribution in [0.4, 0.5) is 5.69 Å². The van der Waals surface area contributed by atoms with E-state index in [0.717, 1.165) is 5.39 Å². The highest BCUT2D eigenvalue weighted by atomic mass is 16.5. The van der Waals surface area contributed by atoms with Gasteiger partial charge >= 0.3 is 11.9 Å². The van der Waals surface area contributed by atoms with Gasteiger partial charge in [-0.2, -0.15) is 0 Å². The molecule has 1 amide bonds. The Hall–Kier alpha value is -3.74. The molecule has 0 fully saturated rings. The predicted molar refractivity (Wildman–Crippen MR) is 102 cm³/mol.